The van der Waals surface area contributed by atoms with Gasteiger partial charge in [0.1, 0.15) is 12.6 Å². The maximum atomic E-state index is 12.7. The van der Waals surface area contributed by atoms with Crippen molar-refractivity contribution in [2.75, 3.05) is 41.0 Å². The van der Waals surface area contributed by atoms with E-state index < -0.39 is 18.1 Å². The molecule has 0 rings (SSSR count). The second-order valence-electron chi connectivity index (χ2n) is 13.9. The van der Waals surface area contributed by atoms with Crippen LogP contribution in [-0.2, 0) is 28.6 Å². The number of hydrogen-bond donors (Lipinski definition) is 0. The van der Waals surface area contributed by atoms with Crippen molar-refractivity contribution >= 4 is 17.9 Å². The summed E-state index contributed by atoms with van der Waals surface area (Å²) in [6.45, 7) is 4.30. The van der Waals surface area contributed by atoms with E-state index in [4.69, 9.17) is 14.2 Å². The van der Waals surface area contributed by atoms with Crippen LogP contribution in [0, 0.1) is 0 Å². The summed E-state index contributed by atoms with van der Waals surface area (Å²) in [5, 5.41) is 11.6. The van der Waals surface area contributed by atoms with Gasteiger partial charge in [-0.15, -0.1) is 0 Å². The second kappa shape index (κ2) is 35.3. The van der Waals surface area contributed by atoms with E-state index in [1.807, 2.05) is 60.8 Å². The summed E-state index contributed by atoms with van der Waals surface area (Å²) < 4.78 is 17.0. The van der Waals surface area contributed by atoms with Crippen LogP contribution in [0.2, 0.25) is 0 Å². The Hall–Kier alpha value is -3.75. The Kier molecular flexibility index (Phi) is 32.8. The van der Waals surface area contributed by atoms with Crippen LogP contribution in [-0.4, -0.2) is 75.5 Å². The van der Waals surface area contributed by atoms with Crippen molar-refractivity contribution in [2.45, 2.75) is 129 Å². The number of carbonyl (C=O) groups is 3. The molecule has 8 heteroatoms. The summed E-state index contributed by atoms with van der Waals surface area (Å²) in [6, 6.07) is -0.742. The van der Waals surface area contributed by atoms with E-state index in [0.717, 1.165) is 77.0 Å². The summed E-state index contributed by atoms with van der Waals surface area (Å²) in [5.41, 5.74) is 0. The Bertz CT molecular complexity index is 1180. The van der Waals surface area contributed by atoms with Crippen molar-refractivity contribution in [3.8, 4) is 0 Å². The number of allylic oxidation sites excluding steroid dienone is 16. The predicted molar refractivity (Wildman–Crippen MR) is 217 cm³/mol. The van der Waals surface area contributed by atoms with Crippen molar-refractivity contribution in [1.82, 2.24) is 0 Å². The largest absolute Gasteiger partial charge is 0.544 e. The van der Waals surface area contributed by atoms with Crippen molar-refractivity contribution in [3.63, 3.8) is 0 Å². The topological polar surface area (TPSA) is 102 Å². The molecule has 2 unspecified atom stereocenters. The van der Waals surface area contributed by atoms with Gasteiger partial charge in [0.05, 0.1) is 40.3 Å². The molecular formula is C45H71NO7. The van der Waals surface area contributed by atoms with Crippen LogP contribution in [0.4, 0.5) is 0 Å². The summed E-state index contributed by atoms with van der Waals surface area (Å²) in [7, 11) is 5.36. The molecule has 0 fully saturated rings. The first-order valence-corrected chi connectivity index (χ1v) is 19.8. The highest BCUT2D eigenvalue weighted by Gasteiger charge is 2.25. The number of ether oxygens (including phenoxy) is 3. The summed E-state index contributed by atoms with van der Waals surface area (Å²) in [4.78, 5) is 36.7. The van der Waals surface area contributed by atoms with Crippen LogP contribution in [0.1, 0.15) is 117 Å². The van der Waals surface area contributed by atoms with Gasteiger partial charge >= 0.3 is 11.9 Å². The highest BCUT2D eigenvalue weighted by Crippen LogP contribution is 2.11. The second-order valence-corrected chi connectivity index (χ2v) is 13.9. The molecule has 0 aliphatic rings. The van der Waals surface area contributed by atoms with Crippen LogP contribution in [0.25, 0.3) is 0 Å². The quantitative estimate of drug-likeness (QED) is 0.0218. The van der Waals surface area contributed by atoms with Gasteiger partial charge in [0.15, 0.2) is 6.10 Å². The fourth-order valence-corrected chi connectivity index (χ4v) is 5.08. The van der Waals surface area contributed by atoms with E-state index in [0.29, 0.717) is 12.8 Å². The number of rotatable bonds is 33. The number of quaternary nitrogens is 1. The molecule has 0 amide bonds. The predicted octanol–water partition coefficient (Wildman–Crippen LogP) is 9.01. The molecule has 2 atom stereocenters. The molecule has 53 heavy (non-hydrogen) atoms. The summed E-state index contributed by atoms with van der Waals surface area (Å²) in [6.07, 6.45) is 45.7. The zero-order chi connectivity index (χ0) is 39.3. The molecule has 298 valence electrons. The van der Waals surface area contributed by atoms with E-state index in [1.54, 1.807) is 21.1 Å². The van der Waals surface area contributed by atoms with Gasteiger partial charge in [-0.3, -0.25) is 9.59 Å². The van der Waals surface area contributed by atoms with Crippen LogP contribution < -0.4 is 5.11 Å². The summed E-state index contributed by atoms with van der Waals surface area (Å²) in [5.74, 6) is -1.83. The first-order chi connectivity index (χ1) is 25.6. The molecule has 0 heterocycles. The lowest BCUT2D eigenvalue weighted by molar-refractivity contribution is -0.889. The maximum Gasteiger partial charge on any atom is 0.306 e. The van der Waals surface area contributed by atoms with Crippen LogP contribution in [0.3, 0.4) is 0 Å². The normalized spacial score (nSPS) is 14.1. The van der Waals surface area contributed by atoms with Crippen molar-refractivity contribution in [1.29, 1.82) is 0 Å². The molecule has 0 saturated heterocycles. The fraction of sp³-hybridized carbons (Fsp3) is 0.578. The molecule has 0 saturated carbocycles. The Morgan fingerprint density at radius 1 is 0.585 bits per heavy atom. The lowest BCUT2D eigenvalue weighted by atomic mass is 10.1. The van der Waals surface area contributed by atoms with E-state index in [9.17, 15) is 19.5 Å². The third-order valence-electron chi connectivity index (χ3n) is 8.13. The zero-order valence-corrected chi connectivity index (χ0v) is 33.6. The van der Waals surface area contributed by atoms with Gasteiger partial charge in [0.25, 0.3) is 0 Å². The average Bonchev–Trinajstić information content (AvgIpc) is 3.11. The lowest BCUT2D eigenvalue weighted by Gasteiger charge is -2.34. The first kappa shape index (κ1) is 49.2. The van der Waals surface area contributed by atoms with Crippen LogP contribution >= 0.6 is 0 Å². The number of carbonyl (C=O) groups excluding carboxylic acids is 3. The lowest BCUT2D eigenvalue weighted by Crippen LogP contribution is -2.55. The van der Waals surface area contributed by atoms with Gasteiger partial charge in [-0.05, 0) is 57.8 Å². The molecular weight excluding hydrogens is 666 g/mol. The Labute approximate surface area is 322 Å². The number of carboxylic acids is 1. The minimum absolute atomic E-state index is 0.0107. The molecule has 8 nitrogen and oxygen atoms in total. The van der Waals surface area contributed by atoms with E-state index >= 15 is 0 Å². The van der Waals surface area contributed by atoms with Crippen LogP contribution in [0.15, 0.2) is 97.2 Å². The zero-order valence-electron chi connectivity index (χ0n) is 33.6. The Morgan fingerprint density at radius 2 is 1.09 bits per heavy atom. The van der Waals surface area contributed by atoms with Gasteiger partial charge in [0, 0.05) is 19.3 Å². The third-order valence-corrected chi connectivity index (χ3v) is 8.13. The Balaban J connectivity index is 4.56. The van der Waals surface area contributed by atoms with E-state index in [-0.39, 0.29) is 49.1 Å². The smallest absolute Gasteiger partial charge is 0.306 e. The highest BCUT2D eigenvalue weighted by molar-refractivity contribution is 5.70. The first-order valence-electron chi connectivity index (χ1n) is 19.8. The molecule has 0 radical (unpaired) electrons. The van der Waals surface area contributed by atoms with Crippen molar-refractivity contribution in [3.05, 3.63) is 97.2 Å². The molecule has 0 aliphatic heterocycles. The molecule has 0 N–H and O–H groups in total. The van der Waals surface area contributed by atoms with Gasteiger partial charge in [-0.25, -0.2) is 0 Å². The fourth-order valence-electron chi connectivity index (χ4n) is 5.08. The molecule has 0 aromatic carbocycles. The monoisotopic (exact) mass is 738 g/mol. The third kappa shape index (κ3) is 33.8. The molecule has 0 spiro atoms. The van der Waals surface area contributed by atoms with Crippen LogP contribution in [0.5, 0.6) is 0 Å². The van der Waals surface area contributed by atoms with Crippen molar-refractivity contribution in [2.24, 2.45) is 0 Å². The van der Waals surface area contributed by atoms with Gasteiger partial charge < -0.3 is 28.6 Å². The highest BCUT2D eigenvalue weighted by atomic mass is 16.6. The number of unbranched alkanes of at least 4 members (excludes halogenated alkanes) is 8. The van der Waals surface area contributed by atoms with Crippen molar-refractivity contribution < 1.29 is 38.2 Å². The number of carboxylic acid groups (broad SMARTS) is 1. The number of nitrogens with zero attached hydrogens (tertiary/aromatic N) is 1. The number of hydrogen-bond acceptors (Lipinski definition) is 7. The minimum atomic E-state index is -1.14. The number of likely N-dealkylation sites (N-methyl/N-ethyl adjacent to an activating group) is 1. The molecule has 0 aromatic heterocycles. The minimum Gasteiger partial charge on any atom is -0.544 e. The molecule has 0 bridgehead atoms. The number of aliphatic carboxylic acids is 1. The van der Waals surface area contributed by atoms with Gasteiger partial charge in [-0.2, -0.15) is 0 Å². The van der Waals surface area contributed by atoms with Gasteiger partial charge in [-0.1, -0.05) is 137 Å². The number of esters is 2. The maximum absolute atomic E-state index is 12.7. The van der Waals surface area contributed by atoms with E-state index in [2.05, 4.69) is 50.3 Å². The Morgan fingerprint density at radius 3 is 1.70 bits per heavy atom. The standard InChI is InChI=1S/C45H71NO7/c1-6-8-10-12-14-16-18-20-21-22-23-24-26-28-30-32-34-36-44(48)53-41(39-51-38-37-42(45(49)50)46(3,4)5)40-52-43(47)35-33-31-29-27-25-19-17-15-13-11-9-7-2/h8-12,14-18,20-24,26,41-42H,6-7,13,19,25,27-40H2,1-5H3/b10-8+,11-9+,14-12+,17-15+,18-16+,21-20+,23-22+,26-24+. The van der Waals surface area contributed by atoms with Gasteiger partial charge in [0.2, 0.25) is 0 Å². The average molecular weight is 738 g/mol. The molecule has 0 aliphatic carbocycles. The van der Waals surface area contributed by atoms with E-state index in [1.165, 1.54) is 0 Å². The SMILES string of the molecule is CC/C=C/C=C/C=C/C=C/C=C/C=C/CCCCCC(=O)OC(COCCC(C(=O)[O-])[N+](C)(C)C)COC(=O)CCCCCCC/C=C/C/C=C/CC. The summed E-state index contributed by atoms with van der Waals surface area (Å²) >= 11 is 0. The molecule has 0 aromatic rings.